The highest BCUT2D eigenvalue weighted by atomic mass is 127. The lowest BCUT2D eigenvalue weighted by molar-refractivity contribution is 0.102. The van der Waals surface area contributed by atoms with E-state index in [1.165, 1.54) is 0 Å². The van der Waals surface area contributed by atoms with E-state index in [0.29, 0.717) is 5.56 Å². The van der Waals surface area contributed by atoms with Crippen molar-refractivity contribution in [2.24, 2.45) is 0 Å². The van der Waals surface area contributed by atoms with Crippen LogP contribution >= 0.6 is 22.6 Å². The topological polar surface area (TPSA) is 34.0 Å². The summed E-state index contributed by atoms with van der Waals surface area (Å²) in [6.45, 7) is 0. The van der Waals surface area contributed by atoms with E-state index in [9.17, 15) is 4.79 Å². The molecule has 0 spiro atoms. The van der Waals surface area contributed by atoms with Gasteiger partial charge in [-0.1, -0.05) is 60.7 Å². The van der Waals surface area contributed by atoms with E-state index in [-0.39, 0.29) is 5.91 Å². The summed E-state index contributed by atoms with van der Waals surface area (Å²) in [6, 6.07) is 40.5. The van der Waals surface area contributed by atoms with Gasteiger partial charge in [-0.05, 0) is 94.4 Å². The first-order valence-electron chi connectivity index (χ1n) is 10.7. The molecule has 0 bridgehead atoms. The van der Waals surface area contributed by atoms with Crippen LogP contribution in [0.5, 0.6) is 0 Å². The lowest BCUT2D eigenvalue weighted by Gasteiger charge is -2.15. The van der Waals surface area contributed by atoms with E-state index < -0.39 is 0 Å². The lowest BCUT2D eigenvalue weighted by atomic mass is 10.1. The molecule has 160 valence electrons. The average molecular weight is 540 g/mol. The molecule has 5 aromatic rings. The monoisotopic (exact) mass is 540 g/mol. The maximum atomic E-state index is 12.8. The Labute approximate surface area is 206 Å². The zero-order valence-electron chi connectivity index (χ0n) is 17.8. The summed E-state index contributed by atoms with van der Waals surface area (Å²) in [7, 11) is 0. The van der Waals surface area contributed by atoms with Crippen LogP contribution in [0, 0.1) is 3.57 Å². The lowest BCUT2D eigenvalue weighted by Crippen LogP contribution is -2.12. The molecule has 0 fully saturated rings. The fourth-order valence-corrected chi connectivity index (χ4v) is 4.24. The Hall–Kier alpha value is -3.64. The minimum Gasteiger partial charge on any atom is -0.322 e. The molecule has 0 aliphatic heterocycles. The molecule has 1 aromatic heterocycles. The van der Waals surface area contributed by atoms with Crippen LogP contribution in [0.3, 0.4) is 0 Å². The Morgan fingerprint density at radius 3 is 1.64 bits per heavy atom. The highest BCUT2D eigenvalue weighted by Crippen LogP contribution is 2.32. The number of hydrogen-bond acceptors (Lipinski definition) is 1. The molecule has 33 heavy (non-hydrogen) atoms. The van der Waals surface area contributed by atoms with Gasteiger partial charge in [0, 0.05) is 20.5 Å². The quantitative estimate of drug-likeness (QED) is 0.228. The fourth-order valence-electron chi connectivity index (χ4n) is 3.88. The van der Waals surface area contributed by atoms with Crippen LogP contribution in [0.25, 0.3) is 28.2 Å². The first-order valence-corrected chi connectivity index (χ1v) is 11.8. The number of carbonyl (C=O) groups is 1. The number of aromatic nitrogens is 1. The van der Waals surface area contributed by atoms with Crippen LogP contribution in [0.2, 0.25) is 0 Å². The van der Waals surface area contributed by atoms with Gasteiger partial charge in [-0.2, -0.15) is 0 Å². The SMILES string of the molecule is O=C(Nc1ccc(I)cc1)c1ccc(-n2c(-c3ccccc3)ccc2-c2ccccc2)cc1. The van der Waals surface area contributed by atoms with Crippen molar-refractivity contribution in [2.45, 2.75) is 0 Å². The van der Waals surface area contributed by atoms with Gasteiger partial charge in [-0.25, -0.2) is 0 Å². The summed E-state index contributed by atoms with van der Waals surface area (Å²) in [4.78, 5) is 12.8. The molecule has 1 N–H and O–H groups in total. The zero-order chi connectivity index (χ0) is 22.6. The minimum atomic E-state index is -0.123. The summed E-state index contributed by atoms with van der Waals surface area (Å²) >= 11 is 2.25. The van der Waals surface area contributed by atoms with Gasteiger partial charge in [-0.3, -0.25) is 4.79 Å². The molecule has 5 rings (SSSR count). The molecule has 1 heterocycles. The Bertz CT molecular complexity index is 1320. The molecule has 1 amide bonds. The number of hydrogen-bond donors (Lipinski definition) is 1. The van der Waals surface area contributed by atoms with E-state index in [0.717, 1.165) is 37.5 Å². The summed E-state index contributed by atoms with van der Waals surface area (Å²) in [5.74, 6) is -0.123. The van der Waals surface area contributed by atoms with Crippen molar-refractivity contribution in [1.29, 1.82) is 0 Å². The maximum absolute atomic E-state index is 12.8. The summed E-state index contributed by atoms with van der Waals surface area (Å²) in [6.07, 6.45) is 0. The van der Waals surface area contributed by atoms with Crippen molar-refractivity contribution in [3.63, 3.8) is 0 Å². The molecule has 3 nitrogen and oxygen atoms in total. The van der Waals surface area contributed by atoms with Crippen molar-refractivity contribution in [3.05, 3.63) is 130 Å². The average Bonchev–Trinajstić information content (AvgIpc) is 3.32. The standard InChI is InChI=1S/C29H21IN2O/c30-24-13-15-25(16-14-24)31-29(33)23-11-17-26(18-12-23)32-27(21-7-3-1-4-8-21)19-20-28(32)22-9-5-2-6-10-22/h1-20H,(H,31,33). The first-order chi connectivity index (χ1) is 16.2. The molecule has 0 saturated heterocycles. The molecule has 0 saturated carbocycles. The molecular formula is C29H21IN2O. The van der Waals surface area contributed by atoms with Crippen molar-refractivity contribution < 1.29 is 4.79 Å². The van der Waals surface area contributed by atoms with Crippen molar-refractivity contribution in [1.82, 2.24) is 4.57 Å². The number of anilines is 1. The molecule has 0 atom stereocenters. The zero-order valence-corrected chi connectivity index (χ0v) is 19.9. The Kier molecular flexibility index (Phi) is 6.09. The number of carbonyl (C=O) groups excluding carboxylic acids is 1. The molecule has 0 aliphatic rings. The van der Waals surface area contributed by atoms with Crippen molar-refractivity contribution >= 4 is 34.2 Å². The Balaban J connectivity index is 1.51. The van der Waals surface area contributed by atoms with Gasteiger partial charge in [0.1, 0.15) is 0 Å². The number of nitrogens with one attached hydrogen (secondary N) is 1. The number of amides is 1. The molecule has 0 unspecified atom stereocenters. The van der Waals surface area contributed by atoms with Gasteiger partial charge in [0.05, 0.1) is 11.4 Å². The number of benzene rings is 4. The van der Waals surface area contributed by atoms with Crippen molar-refractivity contribution in [3.8, 4) is 28.2 Å². The van der Waals surface area contributed by atoms with Crippen LogP contribution in [-0.2, 0) is 0 Å². The van der Waals surface area contributed by atoms with Crippen LogP contribution in [-0.4, -0.2) is 10.5 Å². The largest absolute Gasteiger partial charge is 0.322 e. The Morgan fingerprint density at radius 1 is 0.606 bits per heavy atom. The van der Waals surface area contributed by atoms with Gasteiger partial charge in [0.15, 0.2) is 0 Å². The van der Waals surface area contributed by atoms with Gasteiger partial charge in [-0.15, -0.1) is 0 Å². The van der Waals surface area contributed by atoms with E-state index in [4.69, 9.17) is 0 Å². The molecule has 4 aromatic carbocycles. The maximum Gasteiger partial charge on any atom is 0.255 e. The number of nitrogens with zero attached hydrogens (tertiary/aromatic N) is 1. The van der Waals surface area contributed by atoms with Gasteiger partial charge in [0.25, 0.3) is 5.91 Å². The third-order valence-electron chi connectivity index (χ3n) is 5.51. The normalized spacial score (nSPS) is 10.7. The number of rotatable bonds is 5. The second-order valence-corrected chi connectivity index (χ2v) is 8.92. The summed E-state index contributed by atoms with van der Waals surface area (Å²) in [5.41, 5.74) is 6.89. The van der Waals surface area contributed by atoms with Gasteiger partial charge in [0.2, 0.25) is 0 Å². The summed E-state index contributed by atoms with van der Waals surface area (Å²) < 4.78 is 3.37. The predicted molar refractivity (Wildman–Crippen MR) is 144 cm³/mol. The smallest absolute Gasteiger partial charge is 0.255 e. The third kappa shape index (κ3) is 4.61. The minimum absolute atomic E-state index is 0.123. The van der Waals surface area contributed by atoms with Crippen LogP contribution < -0.4 is 5.32 Å². The highest BCUT2D eigenvalue weighted by molar-refractivity contribution is 14.1. The molecule has 0 aliphatic carbocycles. The van der Waals surface area contributed by atoms with E-state index >= 15 is 0 Å². The highest BCUT2D eigenvalue weighted by Gasteiger charge is 2.14. The van der Waals surface area contributed by atoms with Gasteiger partial charge < -0.3 is 9.88 Å². The van der Waals surface area contributed by atoms with Crippen LogP contribution in [0.4, 0.5) is 5.69 Å². The van der Waals surface area contributed by atoms with Crippen LogP contribution in [0.15, 0.2) is 121 Å². The van der Waals surface area contributed by atoms with Crippen LogP contribution in [0.1, 0.15) is 10.4 Å². The molecule has 4 heteroatoms. The van der Waals surface area contributed by atoms with E-state index in [1.807, 2.05) is 84.9 Å². The molecule has 0 radical (unpaired) electrons. The number of halogens is 1. The second-order valence-electron chi connectivity index (χ2n) is 7.68. The fraction of sp³-hybridized carbons (Fsp3) is 0. The molecular weight excluding hydrogens is 519 g/mol. The van der Waals surface area contributed by atoms with E-state index in [2.05, 4.69) is 68.9 Å². The van der Waals surface area contributed by atoms with Crippen molar-refractivity contribution in [2.75, 3.05) is 5.32 Å². The predicted octanol–water partition coefficient (Wildman–Crippen LogP) is 7.67. The Morgan fingerprint density at radius 2 is 1.12 bits per heavy atom. The summed E-state index contributed by atoms with van der Waals surface area (Å²) in [5, 5.41) is 2.97. The van der Waals surface area contributed by atoms with Gasteiger partial charge >= 0.3 is 0 Å². The third-order valence-corrected chi connectivity index (χ3v) is 6.23. The van der Waals surface area contributed by atoms with E-state index in [1.54, 1.807) is 0 Å². The first kappa shape index (κ1) is 21.2. The second kappa shape index (κ2) is 9.46.